The van der Waals surface area contributed by atoms with Crippen LogP contribution < -0.4 is 5.32 Å². The van der Waals surface area contributed by atoms with Gasteiger partial charge in [-0.25, -0.2) is 9.97 Å². The van der Waals surface area contributed by atoms with E-state index in [9.17, 15) is 0 Å². The molecule has 0 spiro atoms. The van der Waals surface area contributed by atoms with E-state index in [0.717, 1.165) is 22.2 Å². The summed E-state index contributed by atoms with van der Waals surface area (Å²) >= 11 is 3.49. The van der Waals surface area contributed by atoms with Crippen molar-refractivity contribution in [3.8, 4) is 0 Å². The van der Waals surface area contributed by atoms with Crippen LogP contribution in [0.15, 0.2) is 12.5 Å². The number of nitrogens with zero attached hydrogens (tertiary/aromatic N) is 4. The third kappa shape index (κ3) is 2.41. The van der Waals surface area contributed by atoms with Gasteiger partial charge in [0.1, 0.15) is 12.1 Å². The second kappa shape index (κ2) is 5.00. The third-order valence-electron chi connectivity index (χ3n) is 2.99. The minimum Gasteiger partial charge on any atom is -0.367 e. The molecule has 0 fully saturated rings. The van der Waals surface area contributed by atoms with E-state index in [1.165, 1.54) is 0 Å². The Kier molecular flexibility index (Phi) is 3.61. The highest BCUT2D eigenvalue weighted by Gasteiger charge is 2.14. The molecule has 0 aliphatic heterocycles. The average Bonchev–Trinajstić information content (AvgIpc) is 2.71. The largest absolute Gasteiger partial charge is 0.367 e. The smallest absolute Gasteiger partial charge is 0.163 e. The highest BCUT2D eigenvalue weighted by atomic mass is 79.9. The van der Waals surface area contributed by atoms with Crippen LogP contribution in [0.2, 0.25) is 0 Å². The van der Waals surface area contributed by atoms with E-state index >= 15 is 0 Å². The van der Waals surface area contributed by atoms with Crippen LogP contribution in [0.5, 0.6) is 0 Å². The fraction of sp³-hybridized carbons (Fsp3) is 0.545. The van der Waals surface area contributed by atoms with Gasteiger partial charge < -0.3 is 5.32 Å². The number of hydrogen-bond donors (Lipinski definition) is 1. The van der Waals surface area contributed by atoms with E-state index in [-0.39, 0.29) is 0 Å². The molecular formula is C11H16BrN5. The summed E-state index contributed by atoms with van der Waals surface area (Å²) in [6, 6.07) is 0.340. The molecule has 0 bridgehead atoms. The van der Waals surface area contributed by atoms with E-state index in [1.807, 2.05) is 7.05 Å². The number of anilines is 1. The van der Waals surface area contributed by atoms with Crippen molar-refractivity contribution in [2.24, 2.45) is 13.0 Å². The van der Waals surface area contributed by atoms with Gasteiger partial charge in [-0.2, -0.15) is 5.10 Å². The highest BCUT2D eigenvalue weighted by molar-refractivity contribution is 9.09. The molecule has 6 heteroatoms. The maximum Gasteiger partial charge on any atom is 0.163 e. The predicted molar refractivity (Wildman–Crippen MR) is 72.3 cm³/mol. The molecule has 2 atom stereocenters. The summed E-state index contributed by atoms with van der Waals surface area (Å²) in [6.45, 7) is 4.34. The lowest BCUT2D eigenvalue weighted by Gasteiger charge is -2.19. The van der Waals surface area contributed by atoms with E-state index in [0.29, 0.717) is 12.0 Å². The second-order valence-corrected chi connectivity index (χ2v) is 4.94. The standard InChI is InChI=1S/C11H16BrN5/c1-7(4-12)8(2)16-10-9-5-15-17(3)11(9)14-6-13-10/h5-8H,4H2,1-3H3,(H,13,14,16). The molecule has 2 rings (SSSR count). The number of halogens is 1. The van der Waals surface area contributed by atoms with Gasteiger partial charge in [-0.05, 0) is 12.8 Å². The first kappa shape index (κ1) is 12.3. The summed E-state index contributed by atoms with van der Waals surface area (Å²) in [7, 11) is 1.88. The molecule has 0 amide bonds. The van der Waals surface area contributed by atoms with Crippen LogP contribution in [0.4, 0.5) is 5.82 Å². The van der Waals surface area contributed by atoms with Gasteiger partial charge >= 0.3 is 0 Å². The molecule has 0 aromatic carbocycles. The topological polar surface area (TPSA) is 55.6 Å². The van der Waals surface area contributed by atoms with Crippen LogP contribution in [0.1, 0.15) is 13.8 Å². The van der Waals surface area contributed by atoms with E-state index in [4.69, 9.17) is 0 Å². The van der Waals surface area contributed by atoms with Crippen LogP contribution in [-0.4, -0.2) is 31.1 Å². The van der Waals surface area contributed by atoms with Gasteiger partial charge in [0.05, 0.1) is 11.6 Å². The Balaban J connectivity index is 2.30. The maximum atomic E-state index is 4.29. The fourth-order valence-electron chi connectivity index (χ4n) is 1.57. The van der Waals surface area contributed by atoms with Crippen molar-refractivity contribution in [2.75, 3.05) is 10.6 Å². The quantitative estimate of drug-likeness (QED) is 0.879. The minimum absolute atomic E-state index is 0.340. The number of nitrogens with one attached hydrogen (secondary N) is 1. The van der Waals surface area contributed by atoms with Gasteiger partial charge in [0.15, 0.2) is 5.65 Å². The Morgan fingerprint density at radius 1 is 1.41 bits per heavy atom. The molecule has 17 heavy (non-hydrogen) atoms. The summed E-state index contributed by atoms with van der Waals surface area (Å²) in [5, 5.41) is 9.53. The molecule has 2 unspecified atom stereocenters. The van der Waals surface area contributed by atoms with Crippen LogP contribution in [-0.2, 0) is 7.05 Å². The van der Waals surface area contributed by atoms with Crippen LogP contribution in [0, 0.1) is 5.92 Å². The van der Waals surface area contributed by atoms with Crippen molar-refractivity contribution in [3.63, 3.8) is 0 Å². The third-order valence-corrected chi connectivity index (χ3v) is 4.01. The summed E-state index contributed by atoms with van der Waals surface area (Å²) in [6.07, 6.45) is 3.36. The first-order valence-corrected chi connectivity index (χ1v) is 6.70. The molecular weight excluding hydrogens is 282 g/mol. The first-order chi connectivity index (χ1) is 8.13. The van der Waals surface area contributed by atoms with Crippen molar-refractivity contribution in [1.29, 1.82) is 0 Å². The molecule has 0 aliphatic rings. The zero-order valence-electron chi connectivity index (χ0n) is 10.2. The van der Waals surface area contributed by atoms with Gasteiger partial charge in [0.25, 0.3) is 0 Å². The predicted octanol–water partition coefficient (Wildman–Crippen LogP) is 2.19. The number of aromatic nitrogens is 4. The van der Waals surface area contributed by atoms with E-state index in [1.54, 1.807) is 17.2 Å². The lowest BCUT2D eigenvalue weighted by molar-refractivity contribution is 0.571. The first-order valence-electron chi connectivity index (χ1n) is 5.58. The number of alkyl halides is 1. The molecule has 0 saturated heterocycles. The molecule has 0 aliphatic carbocycles. The van der Waals surface area contributed by atoms with Crippen molar-refractivity contribution < 1.29 is 0 Å². The molecule has 1 N–H and O–H groups in total. The van der Waals surface area contributed by atoms with E-state index in [2.05, 4.69) is 50.2 Å². The van der Waals surface area contributed by atoms with E-state index < -0.39 is 0 Å². The monoisotopic (exact) mass is 297 g/mol. The molecule has 2 aromatic rings. The normalized spacial score (nSPS) is 14.8. The Morgan fingerprint density at radius 2 is 2.18 bits per heavy atom. The summed E-state index contributed by atoms with van der Waals surface area (Å²) < 4.78 is 1.75. The van der Waals surface area contributed by atoms with Gasteiger partial charge in [-0.15, -0.1) is 0 Å². The summed E-state index contributed by atoms with van der Waals surface area (Å²) in [5.41, 5.74) is 0.848. The average molecular weight is 298 g/mol. The number of aryl methyl sites for hydroxylation is 1. The minimum atomic E-state index is 0.340. The van der Waals surface area contributed by atoms with Crippen LogP contribution in [0.3, 0.4) is 0 Å². The lowest BCUT2D eigenvalue weighted by Crippen LogP contribution is -2.25. The van der Waals surface area contributed by atoms with Crippen molar-refractivity contribution in [2.45, 2.75) is 19.9 Å². The van der Waals surface area contributed by atoms with Gasteiger partial charge in [-0.1, -0.05) is 22.9 Å². The number of rotatable bonds is 4. The SMILES string of the molecule is CC(CBr)C(C)Nc1ncnc2c1cnn2C. The van der Waals surface area contributed by atoms with Crippen LogP contribution in [0.25, 0.3) is 11.0 Å². The Bertz CT molecular complexity index is 510. The maximum absolute atomic E-state index is 4.29. The van der Waals surface area contributed by atoms with Crippen molar-refractivity contribution in [3.05, 3.63) is 12.5 Å². The molecule has 5 nitrogen and oxygen atoms in total. The summed E-state index contributed by atoms with van der Waals surface area (Å²) in [4.78, 5) is 8.50. The Hall–Kier alpha value is -1.17. The van der Waals surface area contributed by atoms with Crippen molar-refractivity contribution >= 4 is 32.8 Å². The van der Waals surface area contributed by atoms with Gasteiger partial charge in [0, 0.05) is 18.4 Å². The lowest BCUT2D eigenvalue weighted by atomic mass is 10.1. The highest BCUT2D eigenvalue weighted by Crippen LogP contribution is 2.20. The molecule has 2 heterocycles. The Morgan fingerprint density at radius 3 is 2.88 bits per heavy atom. The number of fused-ring (bicyclic) bond motifs is 1. The molecule has 2 aromatic heterocycles. The fourth-order valence-corrected chi connectivity index (χ4v) is 2.13. The molecule has 92 valence electrons. The zero-order chi connectivity index (χ0) is 12.4. The van der Waals surface area contributed by atoms with Gasteiger partial charge in [-0.3, -0.25) is 4.68 Å². The number of hydrogen-bond acceptors (Lipinski definition) is 4. The van der Waals surface area contributed by atoms with Crippen LogP contribution >= 0.6 is 15.9 Å². The molecule has 0 radical (unpaired) electrons. The second-order valence-electron chi connectivity index (χ2n) is 4.29. The zero-order valence-corrected chi connectivity index (χ0v) is 11.8. The van der Waals surface area contributed by atoms with Gasteiger partial charge in [0.2, 0.25) is 0 Å². The Labute approximate surface area is 109 Å². The summed E-state index contributed by atoms with van der Waals surface area (Å²) in [5.74, 6) is 1.38. The molecule has 0 saturated carbocycles. The van der Waals surface area contributed by atoms with Crippen molar-refractivity contribution in [1.82, 2.24) is 19.7 Å².